The maximum Gasteiger partial charge on any atom is 0.344 e. The van der Waals surface area contributed by atoms with Gasteiger partial charge in [0.05, 0.1) is 4.92 Å². The maximum atomic E-state index is 11.5. The van der Waals surface area contributed by atoms with Crippen molar-refractivity contribution in [1.29, 1.82) is 0 Å². The predicted molar refractivity (Wildman–Crippen MR) is 77.2 cm³/mol. The average Bonchev–Trinajstić information content (AvgIpc) is 2.35. The number of nitrogens with zero attached hydrogens (tertiary/aromatic N) is 1. The number of nitro benzene ring substituents is 1. The molecule has 21 heavy (non-hydrogen) atoms. The van der Waals surface area contributed by atoms with Gasteiger partial charge in [-0.3, -0.25) is 10.1 Å². The molecule has 0 aromatic heterocycles. The van der Waals surface area contributed by atoms with Gasteiger partial charge in [-0.05, 0) is 45.4 Å². The highest BCUT2D eigenvalue weighted by Gasteiger charge is 2.20. The van der Waals surface area contributed by atoms with E-state index >= 15 is 0 Å². The predicted octanol–water partition coefficient (Wildman–Crippen LogP) is 1.82. The van der Waals surface area contributed by atoms with Crippen LogP contribution in [0, 0.1) is 10.1 Å². The van der Waals surface area contributed by atoms with Crippen LogP contribution < -0.4 is 10.5 Å². The summed E-state index contributed by atoms with van der Waals surface area (Å²) in [6, 6.07) is 4.55. The number of carbonyl (C=O) groups is 1. The van der Waals surface area contributed by atoms with Crippen molar-refractivity contribution in [3.8, 4) is 5.75 Å². The van der Waals surface area contributed by atoms with Crippen LogP contribution in [0.4, 0.5) is 5.69 Å². The lowest BCUT2D eigenvalue weighted by atomic mass is 10.1. The third kappa shape index (κ3) is 5.78. The summed E-state index contributed by atoms with van der Waals surface area (Å²) >= 11 is 0. The summed E-state index contributed by atoms with van der Waals surface area (Å²) in [5.41, 5.74) is 5.35. The molecule has 0 saturated heterocycles. The van der Waals surface area contributed by atoms with Crippen LogP contribution in [0.3, 0.4) is 0 Å². The molecule has 0 heterocycles. The highest BCUT2D eigenvalue weighted by atomic mass is 16.6. The van der Waals surface area contributed by atoms with Gasteiger partial charge in [0.1, 0.15) is 5.60 Å². The zero-order valence-corrected chi connectivity index (χ0v) is 12.4. The minimum atomic E-state index is -0.628. The Morgan fingerprint density at radius 3 is 2.57 bits per heavy atom. The average molecular weight is 296 g/mol. The Bertz CT molecular complexity index is 523. The van der Waals surface area contributed by atoms with Crippen LogP contribution in [-0.4, -0.2) is 29.6 Å². The van der Waals surface area contributed by atoms with Crippen LogP contribution in [0.1, 0.15) is 26.3 Å². The molecule has 116 valence electrons. The quantitative estimate of drug-likeness (QED) is 0.487. The summed E-state index contributed by atoms with van der Waals surface area (Å²) in [4.78, 5) is 22.0. The Morgan fingerprint density at radius 2 is 2.05 bits per heavy atom. The molecule has 7 heteroatoms. The number of benzene rings is 1. The molecule has 2 N–H and O–H groups in total. The zero-order chi connectivity index (χ0) is 16.0. The fourth-order valence-electron chi connectivity index (χ4n) is 1.66. The number of rotatable bonds is 6. The Kier molecular flexibility index (Phi) is 5.66. The molecular formula is C14H20N2O5. The second kappa shape index (κ2) is 7.03. The topological polar surface area (TPSA) is 105 Å². The van der Waals surface area contributed by atoms with Gasteiger partial charge in [0.25, 0.3) is 0 Å². The highest BCUT2D eigenvalue weighted by Crippen LogP contribution is 2.28. The highest BCUT2D eigenvalue weighted by molar-refractivity contribution is 5.71. The van der Waals surface area contributed by atoms with E-state index in [-0.39, 0.29) is 18.0 Å². The molecule has 0 amide bonds. The van der Waals surface area contributed by atoms with E-state index in [0.29, 0.717) is 13.0 Å². The monoisotopic (exact) mass is 296 g/mol. The molecule has 1 aromatic carbocycles. The van der Waals surface area contributed by atoms with Crippen LogP contribution in [0.2, 0.25) is 0 Å². The lowest BCUT2D eigenvalue weighted by molar-refractivity contribution is -0.385. The first-order valence-electron chi connectivity index (χ1n) is 6.55. The molecule has 0 aliphatic rings. The number of nitro groups is 1. The first kappa shape index (κ1) is 16.9. The van der Waals surface area contributed by atoms with Gasteiger partial charge in [0.2, 0.25) is 0 Å². The summed E-state index contributed by atoms with van der Waals surface area (Å²) in [6.45, 7) is 5.21. The van der Waals surface area contributed by atoms with Gasteiger partial charge in [0, 0.05) is 6.07 Å². The summed E-state index contributed by atoms with van der Waals surface area (Å²) in [6.07, 6.45) is 0.535. The first-order valence-corrected chi connectivity index (χ1v) is 6.55. The van der Waals surface area contributed by atoms with Gasteiger partial charge < -0.3 is 15.2 Å². The number of hydrogen-bond donors (Lipinski definition) is 1. The van der Waals surface area contributed by atoms with Crippen molar-refractivity contribution in [1.82, 2.24) is 0 Å². The molecule has 0 spiro atoms. The van der Waals surface area contributed by atoms with Crippen LogP contribution in [0.25, 0.3) is 0 Å². The Labute approximate surface area is 123 Å². The molecule has 0 atom stereocenters. The Hall–Kier alpha value is -2.15. The number of carbonyl (C=O) groups excluding carboxylic acids is 1. The van der Waals surface area contributed by atoms with Crippen molar-refractivity contribution < 1.29 is 19.2 Å². The minimum Gasteiger partial charge on any atom is -0.475 e. The van der Waals surface area contributed by atoms with Crippen molar-refractivity contribution >= 4 is 11.7 Å². The molecule has 0 aliphatic carbocycles. The Balaban J connectivity index is 2.79. The standard InChI is InChI=1S/C14H20N2O5/c1-14(2,3)21-13(17)9-20-12-5-4-10(6-7-15)8-11(12)16(18)19/h4-5,8H,6-7,9,15H2,1-3H3. The zero-order valence-electron chi connectivity index (χ0n) is 12.4. The van der Waals surface area contributed by atoms with Crippen LogP contribution in [-0.2, 0) is 16.0 Å². The van der Waals surface area contributed by atoms with Crippen molar-refractivity contribution in [2.24, 2.45) is 5.73 Å². The Morgan fingerprint density at radius 1 is 1.38 bits per heavy atom. The molecule has 1 aromatic rings. The van der Waals surface area contributed by atoms with E-state index in [1.54, 1.807) is 26.8 Å². The summed E-state index contributed by atoms with van der Waals surface area (Å²) in [5.74, 6) is -0.547. The third-order valence-electron chi connectivity index (χ3n) is 2.42. The van der Waals surface area contributed by atoms with E-state index in [1.807, 2.05) is 0 Å². The third-order valence-corrected chi connectivity index (χ3v) is 2.42. The molecule has 1 rings (SSSR count). The van der Waals surface area contributed by atoms with E-state index in [4.69, 9.17) is 15.2 Å². The van der Waals surface area contributed by atoms with Gasteiger partial charge in [-0.2, -0.15) is 0 Å². The summed E-state index contributed by atoms with van der Waals surface area (Å²) in [7, 11) is 0. The number of hydrogen-bond acceptors (Lipinski definition) is 6. The van der Waals surface area contributed by atoms with Gasteiger partial charge in [0.15, 0.2) is 12.4 Å². The van der Waals surface area contributed by atoms with Crippen molar-refractivity contribution in [2.45, 2.75) is 32.8 Å². The molecule has 0 bridgehead atoms. The SMILES string of the molecule is CC(C)(C)OC(=O)COc1ccc(CCN)cc1[N+](=O)[O-]. The van der Waals surface area contributed by atoms with E-state index < -0.39 is 16.5 Å². The normalized spacial score (nSPS) is 11.0. The van der Waals surface area contributed by atoms with Gasteiger partial charge in [-0.25, -0.2) is 4.79 Å². The number of esters is 1. The van der Waals surface area contributed by atoms with Gasteiger partial charge >= 0.3 is 11.7 Å². The fraction of sp³-hybridized carbons (Fsp3) is 0.500. The molecule has 0 saturated carbocycles. The van der Waals surface area contributed by atoms with Crippen LogP contribution in [0.15, 0.2) is 18.2 Å². The van der Waals surface area contributed by atoms with Gasteiger partial charge in [-0.15, -0.1) is 0 Å². The van der Waals surface area contributed by atoms with Crippen LogP contribution >= 0.6 is 0 Å². The molecule has 0 aliphatic heterocycles. The minimum absolute atomic E-state index is 0.0339. The molecule has 0 fully saturated rings. The largest absolute Gasteiger partial charge is 0.475 e. The molecular weight excluding hydrogens is 276 g/mol. The molecule has 0 radical (unpaired) electrons. The smallest absolute Gasteiger partial charge is 0.344 e. The first-order chi connectivity index (χ1) is 9.73. The van der Waals surface area contributed by atoms with E-state index in [1.165, 1.54) is 12.1 Å². The van der Waals surface area contributed by atoms with Crippen molar-refractivity contribution in [2.75, 3.05) is 13.2 Å². The second-order valence-corrected chi connectivity index (χ2v) is 5.47. The van der Waals surface area contributed by atoms with E-state index in [9.17, 15) is 14.9 Å². The van der Waals surface area contributed by atoms with Crippen LogP contribution in [0.5, 0.6) is 5.75 Å². The van der Waals surface area contributed by atoms with Crippen molar-refractivity contribution in [3.05, 3.63) is 33.9 Å². The van der Waals surface area contributed by atoms with E-state index in [2.05, 4.69) is 0 Å². The molecule has 7 nitrogen and oxygen atoms in total. The van der Waals surface area contributed by atoms with Crippen molar-refractivity contribution in [3.63, 3.8) is 0 Å². The lowest BCUT2D eigenvalue weighted by Gasteiger charge is -2.19. The number of ether oxygens (including phenoxy) is 2. The van der Waals surface area contributed by atoms with Gasteiger partial charge in [-0.1, -0.05) is 6.07 Å². The summed E-state index contributed by atoms with van der Waals surface area (Å²) in [5, 5.41) is 11.0. The maximum absolute atomic E-state index is 11.5. The lowest BCUT2D eigenvalue weighted by Crippen LogP contribution is -2.27. The molecule has 0 unspecified atom stereocenters. The second-order valence-electron chi connectivity index (χ2n) is 5.47. The fourth-order valence-corrected chi connectivity index (χ4v) is 1.66. The summed E-state index contributed by atoms with van der Waals surface area (Å²) < 4.78 is 10.3. The number of nitrogens with two attached hydrogens (primary N) is 1. The van der Waals surface area contributed by atoms with E-state index in [0.717, 1.165) is 5.56 Å².